The minimum absolute atomic E-state index is 0.0452. The number of benzene rings is 3. The smallest absolute Gasteiger partial charge is 0.326 e. The summed E-state index contributed by atoms with van der Waals surface area (Å²) in [6.07, 6.45) is 0.0452. The minimum atomic E-state index is -1.35. The molecule has 0 spiro atoms. The summed E-state index contributed by atoms with van der Waals surface area (Å²) in [4.78, 5) is 30.3. The topological polar surface area (TPSA) is 96.4 Å². The number of aromatic nitrogens is 1. The number of pyridine rings is 1. The van der Waals surface area contributed by atoms with Crippen molar-refractivity contribution >= 4 is 44.5 Å². The van der Waals surface area contributed by atoms with E-state index in [-0.39, 0.29) is 12.2 Å². The van der Waals surface area contributed by atoms with Crippen molar-refractivity contribution in [1.82, 2.24) is 10.3 Å². The Balaban J connectivity index is 1.61. The number of hydrogen-bond donors (Lipinski definition) is 2. The highest BCUT2D eigenvalue weighted by atomic mass is 32.2. The van der Waals surface area contributed by atoms with Crippen LogP contribution in [0.4, 0.5) is 0 Å². The molecule has 0 saturated heterocycles. The van der Waals surface area contributed by atoms with Crippen molar-refractivity contribution in [2.24, 2.45) is 0 Å². The van der Waals surface area contributed by atoms with E-state index in [2.05, 4.69) is 10.3 Å². The molecule has 0 saturated carbocycles. The van der Waals surface area contributed by atoms with Crippen molar-refractivity contribution in [1.29, 1.82) is 0 Å². The Bertz CT molecular complexity index is 1240. The molecule has 1 amide bonds. The van der Waals surface area contributed by atoms with Gasteiger partial charge in [-0.25, -0.2) is 9.78 Å². The van der Waals surface area contributed by atoms with Gasteiger partial charge in [0.2, 0.25) is 0 Å². The maximum Gasteiger partial charge on any atom is 0.326 e. The van der Waals surface area contributed by atoms with Crippen LogP contribution in [-0.4, -0.2) is 38.0 Å². The number of carboxylic acid groups (broad SMARTS) is 1. The number of rotatable bonds is 7. The predicted octanol–water partition coefficient (Wildman–Crippen LogP) is 3.77. The average molecular weight is 433 g/mol. The molecule has 2 atom stereocenters. The summed E-state index contributed by atoms with van der Waals surface area (Å²) < 4.78 is 12.5. The zero-order valence-electron chi connectivity index (χ0n) is 16.5. The molecule has 0 fully saturated rings. The van der Waals surface area contributed by atoms with Gasteiger partial charge in [0.25, 0.3) is 5.91 Å². The van der Waals surface area contributed by atoms with E-state index >= 15 is 0 Å². The van der Waals surface area contributed by atoms with Crippen molar-refractivity contribution in [2.45, 2.75) is 17.4 Å². The summed E-state index contributed by atoms with van der Waals surface area (Å²) in [6, 6.07) is 22.2. The molecular formula is C24H20N2O4S. The van der Waals surface area contributed by atoms with E-state index in [1.807, 2.05) is 42.5 Å². The summed E-state index contributed by atoms with van der Waals surface area (Å²) in [5.41, 5.74) is 1.70. The van der Waals surface area contributed by atoms with E-state index in [4.69, 9.17) is 0 Å². The van der Waals surface area contributed by atoms with E-state index in [1.165, 1.54) is 0 Å². The first-order valence-corrected chi connectivity index (χ1v) is 11.1. The molecule has 6 nitrogen and oxygen atoms in total. The van der Waals surface area contributed by atoms with Crippen LogP contribution < -0.4 is 5.32 Å². The van der Waals surface area contributed by atoms with Crippen LogP contribution in [0.15, 0.2) is 83.8 Å². The fraction of sp³-hybridized carbons (Fsp3) is 0.125. The van der Waals surface area contributed by atoms with Gasteiger partial charge in [-0.05, 0) is 30.7 Å². The number of fused-ring (bicyclic) bond motifs is 2. The largest absolute Gasteiger partial charge is 0.480 e. The first-order valence-electron chi connectivity index (χ1n) is 9.79. The Hall–Kier alpha value is -3.58. The van der Waals surface area contributed by atoms with E-state index in [9.17, 15) is 18.9 Å². The summed E-state index contributed by atoms with van der Waals surface area (Å²) in [5, 5.41) is 13.6. The molecule has 2 N–H and O–H groups in total. The number of para-hydroxylation sites is 2. The second-order valence-electron chi connectivity index (χ2n) is 7.04. The van der Waals surface area contributed by atoms with Gasteiger partial charge in [-0.2, -0.15) is 0 Å². The van der Waals surface area contributed by atoms with Gasteiger partial charge >= 0.3 is 5.97 Å². The van der Waals surface area contributed by atoms with Crippen LogP contribution in [-0.2, 0) is 15.6 Å². The Morgan fingerprint density at radius 3 is 2.00 bits per heavy atom. The van der Waals surface area contributed by atoms with Crippen LogP contribution in [0, 0.1) is 0 Å². The molecule has 3 aromatic carbocycles. The number of aliphatic carboxylic acids is 1. The average Bonchev–Trinajstić information content (AvgIpc) is 2.80. The van der Waals surface area contributed by atoms with Gasteiger partial charge in [-0.1, -0.05) is 54.6 Å². The summed E-state index contributed by atoms with van der Waals surface area (Å²) in [7, 11) is -1.35. The fourth-order valence-corrected chi connectivity index (χ4v) is 4.63. The van der Waals surface area contributed by atoms with Gasteiger partial charge in [0.15, 0.2) is 0 Å². The third-order valence-electron chi connectivity index (χ3n) is 5.02. The number of nitrogens with one attached hydrogen (secondary N) is 1. The fourth-order valence-electron chi connectivity index (χ4n) is 3.49. The molecule has 0 radical (unpaired) electrons. The lowest BCUT2D eigenvalue weighted by molar-refractivity contribution is -0.139. The Morgan fingerprint density at radius 2 is 1.42 bits per heavy atom. The zero-order valence-corrected chi connectivity index (χ0v) is 17.3. The molecule has 0 aliphatic carbocycles. The molecule has 0 bridgehead atoms. The molecule has 1 aromatic heterocycles. The van der Waals surface area contributed by atoms with E-state index in [1.54, 1.807) is 36.4 Å². The van der Waals surface area contributed by atoms with Crippen molar-refractivity contribution in [3.8, 4) is 0 Å². The lowest BCUT2D eigenvalue weighted by atomic mass is 10.0. The Kier molecular flexibility index (Phi) is 6.04. The monoisotopic (exact) mass is 432 g/mol. The van der Waals surface area contributed by atoms with Crippen molar-refractivity contribution in [3.63, 3.8) is 0 Å². The number of hydrogen-bond acceptors (Lipinski definition) is 4. The molecule has 0 aliphatic rings. The van der Waals surface area contributed by atoms with E-state index in [0.717, 1.165) is 0 Å². The van der Waals surface area contributed by atoms with Gasteiger partial charge < -0.3 is 10.4 Å². The Labute approximate surface area is 181 Å². The number of carbonyl (C=O) groups excluding carboxylic acids is 1. The molecule has 7 heteroatoms. The highest BCUT2D eigenvalue weighted by Gasteiger charge is 2.24. The van der Waals surface area contributed by atoms with E-state index in [0.29, 0.717) is 32.3 Å². The third-order valence-corrected chi connectivity index (χ3v) is 6.42. The lowest BCUT2D eigenvalue weighted by Gasteiger charge is -2.16. The first-order chi connectivity index (χ1) is 15.0. The van der Waals surface area contributed by atoms with Gasteiger partial charge in [-0.15, -0.1) is 0 Å². The Morgan fingerprint density at radius 1 is 0.871 bits per heavy atom. The molecule has 156 valence electrons. The summed E-state index contributed by atoms with van der Waals surface area (Å²) in [6.45, 7) is 0. The summed E-state index contributed by atoms with van der Waals surface area (Å²) >= 11 is 0. The van der Waals surface area contributed by atoms with Gasteiger partial charge in [0.05, 0.1) is 27.4 Å². The zero-order chi connectivity index (χ0) is 21.8. The second-order valence-corrected chi connectivity index (χ2v) is 8.61. The van der Waals surface area contributed by atoms with Crippen LogP contribution in [0.1, 0.15) is 16.8 Å². The number of carbonyl (C=O) groups is 2. The molecule has 31 heavy (non-hydrogen) atoms. The van der Waals surface area contributed by atoms with Crippen LogP contribution in [0.5, 0.6) is 0 Å². The van der Waals surface area contributed by atoms with Crippen molar-refractivity contribution in [3.05, 3.63) is 84.4 Å². The van der Waals surface area contributed by atoms with Crippen LogP contribution in [0.3, 0.4) is 0 Å². The highest BCUT2D eigenvalue weighted by Crippen LogP contribution is 2.26. The second kappa shape index (κ2) is 9.06. The SMILES string of the molecule is O=C(N[C@@H](CC[S@@](=O)c1ccccc1)C(=O)O)c1c2ccccc2nc2ccccc12. The van der Waals surface area contributed by atoms with Gasteiger partial charge in [-0.3, -0.25) is 9.00 Å². The number of carboxylic acids is 1. The maximum atomic E-state index is 13.2. The summed E-state index contributed by atoms with van der Waals surface area (Å²) in [5.74, 6) is -1.53. The van der Waals surface area contributed by atoms with Gasteiger partial charge in [0, 0.05) is 21.4 Å². The highest BCUT2D eigenvalue weighted by molar-refractivity contribution is 7.85. The third kappa shape index (κ3) is 4.46. The van der Waals surface area contributed by atoms with E-state index < -0.39 is 28.7 Å². The lowest BCUT2D eigenvalue weighted by Crippen LogP contribution is -2.41. The maximum absolute atomic E-state index is 13.2. The van der Waals surface area contributed by atoms with Crippen LogP contribution in [0.2, 0.25) is 0 Å². The molecule has 1 heterocycles. The van der Waals surface area contributed by atoms with Gasteiger partial charge in [0.1, 0.15) is 6.04 Å². The first kappa shape index (κ1) is 20.7. The van der Waals surface area contributed by atoms with Crippen LogP contribution >= 0.6 is 0 Å². The molecule has 4 aromatic rings. The quantitative estimate of drug-likeness (QED) is 0.434. The molecule has 0 aliphatic heterocycles. The minimum Gasteiger partial charge on any atom is -0.480 e. The van der Waals surface area contributed by atoms with Crippen molar-refractivity contribution in [2.75, 3.05) is 5.75 Å². The normalized spacial score (nSPS) is 13.0. The van der Waals surface area contributed by atoms with Crippen LogP contribution in [0.25, 0.3) is 21.8 Å². The molecule has 0 unspecified atom stereocenters. The standard InChI is InChI=1S/C24H20N2O4S/c27-23(26-21(24(28)29)14-15-31(30)16-8-2-1-3-9-16)22-17-10-4-6-12-19(17)25-20-13-7-5-11-18(20)22/h1-13,21H,14-15H2,(H,26,27)(H,28,29)/t21-,31+/m0/s1. The van der Waals surface area contributed by atoms with Crippen molar-refractivity contribution < 1.29 is 18.9 Å². The number of nitrogens with zero attached hydrogens (tertiary/aromatic N) is 1. The number of amides is 1. The predicted molar refractivity (Wildman–Crippen MR) is 120 cm³/mol. The molecule has 4 rings (SSSR count). The molecular weight excluding hydrogens is 412 g/mol.